The van der Waals surface area contributed by atoms with Crippen LogP contribution in [-0.2, 0) is 48.1 Å². The minimum atomic E-state index is -1.24. The maximum absolute atomic E-state index is 5.07. The van der Waals surface area contributed by atoms with Crippen LogP contribution in [0.3, 0.4) is 0 Å². The minimum absolute atomic E-state index is 0.230. The summed E-state index contributed by atoms with van der Waals surface area (Å²) >= 11 is 20.5. The van der Waals surface area contributed by atoms with Gasteiger partial charge in [0.25, 0.3) is 0 Å². The van der Waals surface area contributed by atoms with E-state index in [0.717, 1.165) is 24.6 Å². The van der Waals surface area contributed by atoms with Crippen LogP contribution in [0.15, 0.2) is 0 Å². The van der Waals surface area contributed by atoms with E-state index in [0.29, 0.717) is 0 Å². The van der Waals surface area contributed by atoms with Crippen molar-refractivity contribution in [3.63, 3.8) is 0 Å². The monoisotopic (exact) mass is 456 g/mol. The van der Waals surface area contributed by atoms with E-state index < -0.39 is 10.5 Å². The molecule has 0 heterocycles. The van der Waals surface area contributed by atoms with E-state index in [-0.39, 0.29) is 21.1 Å². The third-order valence-electron chi connectivity index (χ3n) is 1.93. The number of hydrogen-bond donors (Lipinski definition) is 0. The van der Waals surface area contributed by atoms with Gasteiger partial charge in [0.2, 0.25) is 0 Å². The summed E-state index contributed by atoms with van der Waals surface area (Å²) in [6.07, 6.45) is 4.14. The van der Waals surface area contributed by atoms with Crippen LogP contribution in [0.5, 0.6) is 0 Å². The first-order valence-electron chi connectivity index (χ1n) is 5.82. The maximum atomic E-state index is 5.07. The summed E-state index contributed by atoms with van der Waals surface area (Å²) in [4.78, 5) is 4.59. The quantitative estimate of drug-likeness (QED) is 0.342. The molecule has 0 aromatic rings. The van der Waals surface area contributed by atoms with Crippen LogP contribution < -0.4 is 0 Å². The van der Waals surface area contributed by atoms with E-state index in [1.54, 1.807) is 0 Å². The van der Waals surface area contributed by atoms with Crippen LogP contribution in [0.1, 0.15) is 27.7 Å². The average molecular weight is 455 g/mol. The van der Waals surface area contributed by atoms with Gasteiger partial charge < -0.3 is 24.5 Å². The van der Waals surface area contributed by atoms with E-state index in [9.17, 15) is 0 Å². The standard InChI is InChI=1S/2C4H11PS2.2CH3.Sn/c2*1-3-5(6,7)4-2;;;/h2*3-4H2,1-2H3,(H,6,7);2*1H3;/q;;;;+2/p-2. The van der Waals surface area contributed by atoms with Crippen molar-refractivity contribution in [2.24, 2.45) is 0 Å². The molecule has 0 aromatic heterocycles. The molecule has 0 rings (SSSR count). The summed E-state index contributed by atoms with van der Waals surface area (Å²) in [7, 11) is 0. The predicted octanol–water partition coefficient (Wildman–Crippen LogP) is 4.72. The SMILES string of the molecule is CCP(=S)([S-])CC.CCP(=S)([S-])CC.[CH3][Sn+2][CH3]. The molecule has 0 aliphatic carbocycles. The van der Waals surface area contributed by atoms with Gasteiger partial charge in [0.15, 0.2) is 0 Å². The zero-order chi connectivity index (χ0) is 14.5. The Morgan fingerprint density at radius 2 is 0.882 bits per heavy atom. The Morgan fingerprint density at radius 3 is 0.882 bits per heavy atom. The molecule has 0 saturated carbocycles. The molecule has 0 saturated heterocycles. The second kappa shape index (κ2) is 15.2. The zero-order valence-corrected chi connectivity index (χ0v) is 19.8. The second-order valence-corrected chi connectivity index (χ2v) is 21.8. The summed E-state index contributed by atoms with van der Waals surface area (Å²) in [5, 5.41) is -2.48. The molecule has 0 nitrogen and oxygen atoms in total. The van der Waals surface area contributed by atoms with Crippen LogP contribution in [0.4, 0.5) is 0 Å². The summed E-state index contributed by atoms with van der Waals surface area (Å²) in [5.41, 5.74) is 0. The first-order chi connectivity index (χ1) is 7.66. The van der Waals surface area contributed by atoms with E-state index in [4.69, 9.17) is 48.1 Å². The molecule has 0 bridgehead atoms. The van der Waals surface area contributed by atoms with Crippen LogP contribution in [0.2, 0.25) is 9.88 Å². The summed E-state index contributed by atoms with van der Waals surface area (Å²) in [6, 6.07) is 0. The number of rotatable bonds is 4. The Kier molecular flexibility index (Phi) is 22.2. The Bertz CT molecular complexity index is 206. The van der Waals surface area contributed by atoms with Crippen LogP contribution >= 0.6 is 10.5 Å². The topological polar surface area (TPSA) is 0 Å². The Labute approximate surface area is 140 Å². The molecule has 0 spiro atoms. The Balaban J connectivity index is -0.000000188. The van der Waals surface area contributed by atoms with E-state index in [1.165, 1.54) is 0 Å². The molecule has 0 unspecified atom stereocenters. The van der Waals surface area contributed by atoms with Gasteiger partial charge in [-0.1, -0.05) is 27.7 Å². The first-order valence-corrected chi connectivity index (χ1v) is 19.9. The molecular weight excluding hydrogens is 429 g/mol. The summed E-state index contributed by atoms with van der Waals surface area (Å²) in [5.74, 6) is 0. The van der Waals surface area contributed by atoms with Crippen LogP contribution in [0.25, 0.3) is 0 Å². The fourth-order valence-electron chi connectivity index (χ4n) is 0.447. The number of hydrogen-bond acceptors (Lipinski definition) is 4. The van der Waals surface area contributed by atoms with Crippen molar-refractivity contribution in [3.05, 3.63) is 0 Å². The van der Waals surface area contributed by atoms with E-state index in [1.807, 2.05) is 0 Å². The fourth-order valence-corrected chi connectivity index (χ4v) is 1.34. The normalized spacial score (nSPS) is 10.4. The summed E-state index contributed by atoms with van der Waals surface area (Å²) < 4.78 is 0. The van der Waals surface area contributed by atoms with Gasteiger partial charge in [0, 0.05) is 0 Å². The van der Waals surface area contributed by atoms with Crippen LogP contribution in [-0.4, -0.2) is 45.8 Å². The molecule has 0 atom stereocenters. The van der Waals surface area contributed by atoms with Gasteiger partial charge in [-0.05, 0) is 24.6 Å². The molecular formula is C10H26P2S4Sn. The van der Waals surface area contributed by atoms with E-state index in [2.05, 4.69) is 37.6 Å². The van der Waals surface area contributed by atoms with Gasteiger partial charge >= 0.3 is 31.0 Å². The fraction of sp³-hybridized carbons (Fsp3) is 1.00. The molecule has 104 valence electrons. The third kappa shape index (κ3) is 24.2. The predicted molar refractivity (Wildman–Crippen MR) is 103 cm³/mol. The zero-order valence-electron chi connectivity index (χ0n) is 11.9. The van der Waals surface area contributed by atoms with Gasteiger partial charge in [0.1, 0.15) is 0 Å². The Morgan fingerprint density at radius 1 is 0.765 bits per heavy atom. The molecule has 0 fully saturated rings. The van der Waals surface area contributed by atoms with Crippen molar-refractivity contribution >= 4 is 79.7 Å². The molecule has 17 heavy (non-hydrogen) atoms. The van der Waals surface area contributed by atoms with Crippen molar-refractivity contribution in [2.75, 3.05) is 24.6 Å². The van der Waals surface area contributed by atoms with E-state index >= 15 is 0 Å². The van der Waals surface area contributed by atoms with Crippen molar-refractivity contribution in [1.82, 2.24) is 0 Å². The second-order valence-electron chi connectivity index (χ2n) is 3.39. The molecule has 0 aromatic carbocycles. The van der Waals surface area contributed by atoms with Crippen molar-refractivity contribution in [2.45, 2.75) is 37.6 Å². The summed E-state index contributed by atoms with van der Waals surface area (Å²) in [6.45, 7) is 8.32. The van der Waals surface area contributed by atoms with Gasteiger partial charge in [-0.2, -0.15) is 10.5 Å². The molecule has 0 radical (unpaired) electrons. The molecule has 0 N–H and O–H groups in total. The van der Waals surface area contributed by atoms with Crippen molar-refractivity contribution in [3.8, 4) is 0 Å². The van der Waals surface area contributed by atoms with Gasteiger partial charge in [-0.25, -0.2) is 0 Å². The van der Waals surface area contributed by atoms with Gasteiger partial charge in [-0.15, -0.1) is 23.6 Å². The first kappa shape index (κ1) is 24.8. The Hall–Kier alpha value is 2.80. The van der Waals surface area contributed by atoms with Crippen molar-refractivity contribution < 1.29 is 0 Å². The molecule has 0 aliphatic rings. The molecule has 7 heteroatoms. The molecule has 0 amide bonds. The third-order valence-corrected chi connectivity index (χ3v) is 12.0. The van der Waals surface area contributed by atoms with Gasteiger partial charge in [0.05, 0.1) is 0 Å². The molecule has 0 aliphatic heterocycles. The van der Waals surface area contributed by atoms with Crippen molar-refractivity contribution in [1.29, 1.82) is 0 Å². The average Bonchev–Trinajstić information content (AvgIpc) is 2.31. The van der Waals surface area contributed by atoms with Gasteiger partial charge in [-0.3, -0.25) is 0 Å². The van der Waals surface area contributed by atoms with Crippen LogP contribution in [0, 0.1) is 0 Å².